The van der Waals surface area contributed by atoms with Crippen LogP contribution in [-0.4, -0.2) is 37.8 Å². The lowest BCUT2D eigenvalue weighted by Gasteiger charge is -2.31. The van der Waals surface area contributed by atoms with Crippen LogP contribution >= 0.6 is 0 Å². The van der Waals surface area contributed by atoms with E-state index in [9.17, 15) is 13.2 Å². The van der Waals surface area contributed by atoms with Gasteiger partial charge in [-0.3, -0.25) is 4.79 Å². The van der Waals surface area contributed by atoms with Crippen molar-refractivity contribution in [2.75, 3.05) is 13.1 Å². The zero-order valence-corrected chi connectivity index (χ0v) is 12.3. The Morgan fingerprint density at radius 2 is 1.90 bits per heavy atom. The van der Waals surface area contributed by atoms with Crippen molar-refractivity contribution in [3.8, 4) is 6.07 Å². The first-order valence-corrected chi connectivity index (χ1v) is 8.19. The minimum Gasteiger partial charge on any atom is -0.352 e. The standard InChI is InChI=1S/C14H17N3O3S/c15-9-6-14(18)16-12-7-10-17(11-8-12)21(19,20)13-4-2-1-3-5-13/h1-5,12H,6-8,10-11H2,(H,16,18). The van der Waals surface area contributed by atoms with Crippen LogP contribution in [0, 0.1) is 11.3 Å². The summed E-state index contributed by atoms with van der Waals surface area (Å²) in [5.74, 6) is -0.304. The van der Waals surface area contributed by atoms with Gasteiger partial charge >= 0.3 is 0 Å². The Labute approximate surface area is 124 Å². The van der Waals surface area contributed by atoms with E-state index in [0.717, 1.165) is 0 Å². The molecule has 1 aromatic carbocycles. The number of nitriles is 1. The van der Waals surface area contributed by atoms with E-state index in [2.05, 4.69) is 5.32 Å². The lowest BCUT2D eigenvalue weighted by Crippen LogP contribution is -2.46. The Balaban J connectivity index is 1.95. The topological polar surface area (TPSA) is 90.3 Å². The van der Waals surface area contributed by atoms with Crippen LogP contribution in [0.25, 0.3) is 0 Å². The number of hydrogen-bond donors (Lipinski definition) is 1. The Bertz CT molecular complexity index is 629. The lowest BCUT2D eigenvalue weighted by atomic mass is 10.1. The van der Waals surface area contributed by atoms with E-state index in [1.807, 2.05) is 0 Å². The van der Waals surface area contributed by atoms with E-state index in [1.54, 1.807) is 36.4 Å². The minimum atomic E-state index is -3.46. The van der Waals surface area contributed by atoms with Crippen molar-refractivity contribution in [3.05, 3.63) is 30.3 Å². The van der Waals surface area contributed by atoms with Crippen LogP contribution in [0.1, 0.15) is 19.3 Å². The second-order valence-corrected chi connectivity index (χ2v) is 6.83. The van der Waals surface area contributed by atoms with E-state index in [1.165, 1.54) is 4.31 Å². The lowest BCUT2D eigenvalue weighted by molar-refractivity contribution is -0.121. The molecule has 21 heavy (non-hydrogen) atoms. The number of nitrogens with one attached hydrogen (secondary N) is 1. The number of carbonyl (C=O) groups excluding carboxylic acids is 1. The van der Waals surface area contributed by atoms with Crippen molar-refractivity contribution < 1.29 is 13.2 Å². The molecule has 1 aromatic rings. The Morgan fingerprint density at radius 3 is 2.48 bits per heavy atom. The number of hydrogen-bond acceptors (Lipinski definition) is 4. The molecule has 7 heteroatoms. The smallest absolute Gasteiger partial charge is 0.243 e. The zero-order valence-electron chi connectivity index (χ0n) is 11.5. The molecular formula is C14H17N3O3S. The van der Waals surface area contributed by atoms with Crippen molar-refractivity contribution in [2.45, 2.75) is 30.2 Å². The first-order chi connectivity index (χ1) is 10.0. The third kappa shape index (κ3) is 3.80. The molecule has 1 heterocycles. The first-order valence-electron chi connectivity index (χ1n) is 6.75. The maximum atomic E-state index is 12.4. The van der Waals surface area contributed by atoms with Gasteiger partial charge in [-0.2, -0.15) is 9.57 Å². The zero-order chi connectivity index (χ0) is 15.3. The fourth-order valence-electron chi connectivity index (χ4n) is 2.33. The monoisotopic (exact) mass is 307 g/mol. The van der Waals surface area contributed by atoms with E-state index < -0.39 is 10.0 Å². The quantitative estimate of drug-likeness (QED) is 0.893. The molecule has 0 aromatic heterocycles. The van der Waals surface area contributed by atoms with Crippen LogP contribution < -0.4 is 5.32 Å². The van der Waals surface area contributed by atoms with Crippen molar-refractivity contribution >= 4 is 15.9 Å². The van der Waals surface area contributed by atoms with Gasteiger partial charge in [0.25, 0.3) is 0 Å². The fourth-order valence-corrected chi connectivity index (χ4v) is 3.82. The summed E-state index contributed by atoms with van der Waals surface area (Å²) in [5, 5.41) is 11.2. The van der Waals surface area contributed by atoms with Gasteiger partial charge < -0.3 is 5.32 Å². The Morgan fingerprint density at radius 1 is 1.29 bits per heavy atom. The number of benzene rings is 1. The molecule has 1 fully saturated rings. The van der Waals surface area contributed by atoms with Crippen LogP contribution in [0.4, 0.5) is 0 Å². The number of rotatable bonds is 4. The molecule has 0 saturated carbocycles. The predicted molar refractivity (Wildman–Crippen MR) is 76.6 cm³/mol. The van der Waals surface area contributed by atoms with Crippen LogP contribution in [0.3, 0.4) is 0 Å². The fraction of sp³-hybridized carbons (Fsp3) is 0.429. The molecule has 0 atom stereocenters. The van der Waals surface area contributed by atoms with Gasteiger partial charge in [0.15, 0.2) is 0 Å². The molecule has 0 spiro atoms. The van der Waals surface area contributed by atoms with E-state index >= 15 is 0 Å². The summed E-state index contributed by atoms with van der Waals surface area (Å²) in [6.45, 7) is 0.740. The summed E-state index contributed by atoms with van der Waals surface area (Å²) < 4.78 is 26.3. The molecule has 0 radical (unpaired) electrons. The highest BCUT2D eigenvalue weighted by Crippen LogP contribution is 2.20. The molecule has 2 rings (SSSR count). The normalized spacial score (nSPS) is 17.1. The molecule has 1 aliphatic rings. The van der Waals surface area contributed by atoms with Gasteiger partial charge in [-0.15, -0.1) is 0 Å². The van der Waals surface area contributed by atoms with E-state index in [0.29, 0.717) is 25.9 Å². The van der Waals surface area contributed by atoms with Crippen molar-refractivity contribution in [1.29, 1.82) is 5.26 Å². The molecular weight excluding hydrogens is 290 g/mol. The van der Waals surface area contributed by atoms with Crippen LogP contribution in [0.2, 0.25) is 0 Å². The van der Waals surface area contributed by atoms with Gasteiger partial charge in [0.05, 0.1) is 11.0 Å². The van der Waals surface area contributed by atoms with E-state index in [-0.39, 0.29) is 23.3 Å². The molecule has 0 bridgehead atoms. The minimum absolute atomic E-state index is 0.0620. The molecule has 1 N–H and O–H groups in total. The van der Waals surface area contributed by atoms with Gasteiger partial charge in [0.1, 0.15) is 6.42 Å². The SMILES string of the molecule is N#CCC(=O)NC1CCN(S(=O)(=O)c2ccccc2)CC1. The van der Waals surface area contributed by atoms with Crippen molar-refractivity contribution in [3.63, 3.8) is 0 Å². The molecule has 6 nitrogen and oxygen atoms in total. The first kappa shape index (κ1) is 15.5. The molecule has 0 unspecified atom stereocenters. The average molecular weight is 307 g/mol. The second-order valence-electron chi connectivity index (χ2n) is 4.89. The molecule has 112 valence electrons. The number of carbonyl (C=O) groups is 1. The van der Waals surface area contributed by atoms with E-state index in [4.69, 9.17) is 5.26 Å². The summed E-state index contributed by atoms with van der Waals surface area (Å²) in [7, 11) is -3.46. The third-order valence-electron chi connectivity index (χ3n) is 3.44. The van der Waals surface area contributed by atoms with Crippen molar-refractivity contribution in [1.82, 2.24) is 9.62 Å². The van der Waals surface area contributed by atoms with Gasteiger partial charge in [0.2, 0.25) is 15.9 Å². The number of nitrogens with zero attached hydrogens (tertiary/aromatic N) is 2. The molecule has 1 saturated heterocycles. The second kappa shape index (κ2) is 6.70. The van der Waals surface area contributed by atoms with Gasteiger partial charge in [-0.25, -0.2) is 8.42 Å². The highest BCUT2D eigenvalue weighted by molar-refractivity contribution is 7.89. The third-order valence-corrected chi connectivity index (χ3v) is 5.35. The molecule has 1 aliphatic heterocycles. The Hall–Kier alpha value is -1.91. The highest BCUT2D eigenvalue weighted by Gasteiger charge is 2.29. The summed E-state index contributed by atoms with van der Waals surface area (Å²) in [5.41, 5.74) is 0. The van der Waals surface area contributed by atoms with Crippen LogP contribution in [0.5, 0.6) is 0 Å². The predicted octanol–water partition coefficient (Wildman–Crippen LogP) is 0.870. The summed E-state index contributed by atoms with van der Waals surface area (Å²) in [6, 6.07) is 10.1. The average Bonchev–Trinajstić information content (AvgIpc) is 2.49. The summed E-state index contributed by atoms with van der Waals surface area (Å²) in [4.78, 5) is 11.6. The highest BCUT2D eigenvalue weighted by atomic mass is 32.2. The van der Waals surface area contributed by atoms with Gasteiger partial charge in [0, 0.05) is 19.1 Å². The Kier molecular flexibility index (Phi) is 4.94. The number of amides is 1. The summed E-state index contributed by atoms with van der Waals surface area (Å²) >= 11 is 0. The summed E-state index contributed by atoms with van der Waals surface area (Å²) in [6.07, 6.45) is 0.953. The van der Waals surface area contributed by atoms with Gasteiger partial charge in [-0.1, -0.05) is 18.2 Å². The maximum Gasteiger partial charge on any atom is 0.243 e. The maximum absolute atomic E-state index is 12.4. The van der Waals surface area contributed by atoms with Gasteiger partial charge in [-0.05, 0) is 25.0 Å². The molecule has 0 aliphatic carbocycles. The van der Waals surface area contributed by atoms with Crippen molar-refractivity contribution in [2.24, 2.45) is 0 Å². The van der Waals surface area contributed by atoms with Crippen LogP contribution in [0.15, 0.2) is 35.2 Å². The number of piperidine rings is 1. The molecule has 1 amide bonds. The number of sulfonamides is 1. The largest absolute Gasteiger partial charge is 0.352 e. The van der Waals surface area contributed by atoms with Crippen LogP contribution in [-0.2, 0) is 14.8 Å².